The van der Waals surface area contributed by atoms with E-state index in [9.17, 15) is 0 Å². The smallest absolute Gasteiger partial charge is 0.180 e. The average molecular weight is 210 g/mol. The van der Waals surface area contributed by atoms with Gasteiger partial charge in [0.25, 0.3) is 0 Å². The van der Waals surface area contributed by atoms with Crippen molar-refractivity contribution in [3.05, 3.63) is 50.6 Å². The molecule has 0 saturated heterocycles. The van der Waals surface area contributed by atoms with E-state index in [4.69, 9.17) is 14.2 Å². The zero-order valence-electron chi connectivity index (χ0n) is 8.93. The Hall–Kier alpha value is -1.16. The van der Waals surface area contributed by atoms with E-state index in [1.165, 1.54) is 12.2 Å². The lowest BCUT2D eigenvalue weighted by Gasteiger charge is -2.19. The summed E-state index contributed by atoms with van der Waals surface area (Å²) in [5.41, 5.74) is 0. The van der Waals surface area contributed by atoms with Gasteiger partial charge in [-0.25, -0.2) is 0 Å². The van der Waals surface area contributed by atoms with Crippen LogP contribution < -0.4 is 0 Å². The van der Waals surface area contributed by atoms with Crippen LogP contribution in [0.5, 0.6) is 0 Å². The molecular formula is C12H18O3. The SMILES string of the molecule is C=CCOC(C=C)OC(C=C)OCC=C. The first kappa shape index (κ1) is 13.8. The summed E-state index contributed by atoms with van der Waals surface area (Å²) in [6, 6.07) is 0. The highest BCUT2D eigenvalue weighted by Crippen LogP contribution is 2.04. The number of hydrogen-bond acceptors (Lipinski definition) is 3. The Morgan fingerprint density at radius 2 is 1.20 bits per heavy atom. The lowest BCUT2D eigenvalue weighted by molar-refractivity contribution is -0.200. The molecule has 0 aromatic rings. The Morgan fingerprint density at radius 3 is 1.47 bits per heavy atom. The van der Waals surface area contributed by atoms with Crippen LogP contribution in [0.3, 0.4) is 0 Å². The first-order valence-corrected chi connectivity index (χ1v) is 4.64. The first-order valence-electron chi connectivity index (χ1n) is 4.64. The zero-order valence-corrected chi connectivity index (χ0v) is 8.93. The van der Waals surface area contributed by atoms with Gasteiger partial charge in [-0.3, -0.25) is 0 Å². The van der Waals surface area contributed by atoms with Crippen molar-refractivity contribution in [1.29, 1.82) is 0 Å². The summed E-state index contributed by atoms with van der Waals surface area (Å²) in [6.07, 6.45) is 5.28. The lowest BCUT2D eigenvalue weighted by atomic mass is 10.5. The minimum atomic E-state index is -0.532. The van der Waals surface area contributed by atoms with Crippen molar-refractivity contribution in [2.75, 3.05) is 13.2 Å². The van der Waals surface area contributed by atoms with Crippen molar-refractivity contribution in [2.24, 2.45) is 0 Å². The highest BCUT2D eigenvalue weighted by molar-refractivity contribution is 4.80. The Kier molecular flexibility index (Phi) is 8.67. The number of hydrogen-bond donors (Lipinski definition) is 0. The molecule has 0 aromatic heterocycles. The molecule has 0 N–H and O–H groups in total. The summed E-state index contributed by atoms with van der Waals surface area (Å²) in [6.45, 7) is 15.0. The van der Waals surface area contributed by atoms with E-state index in [1.807, 2.05) is 0 Å². The molecule has 0 heterocycles. The maximum atomic E-state index is 5.38. The predicted octanol–water partition coefficient (Wildman–Crippen LogP) is 2.43. The molecule has 84 valence electrons. The number of rotatable bonds is 10. The molecule has 0 radical (unpaired) electrons. The van der Waals surface area contributed by atoms with Gasteiger partial charge < -0.3 is 14.2 Å². The third-order valence-corrected chi connectivity index (χ3v) is 1.41. The van der Waals surface area contributed by atoms with Gasteiger partial charge in [0, 0.05) is 0 Å². The maximum Gasteiger partial charge on any atom is 0.180 e. The van der Waals surface area contributed by atoms with Gasteiger partial charge in [0.05, 0.1) is 13.2 Å². The molecule has 0 aliphatic heterocycles. The van der Waals surface area contributed by atoms with Crippen molar-refractivity contribution < 1.29 is 14.2 Å². The Balaban J connectivity index is 3.98. The highest BCUT2D eigenvalue weighted by Gasteiger charge is 2.10. The van der Waals surface area contributed by atoms with Gasteiger partial charge in [0.1, 0.15) is 0 Å². The van der Waals surface area contributed by atoms with Gasteiger partial charge >= 0.3 is 0 Å². The molecule has 3 heteroatoms. The van der Waals surface area contributed by atoms with E-state index in [0.29, 0.717) is 13.2 Å². The monoisotopic (exact) mass is 210 g/mol. The van der Waals surface area contributed by atoms with Crippen molar-refractivity contribution in [1.82, 2.24) is 0 Å². The summed E-state index contributed by atoms with van der Waals surface area (Å²) >= 11 is 0. The standard InChI is InChI=1S/C12H18O3/c1-5-9-13-11(7-3)15-12(8-4)14-10-6-2/h5-8,11-12H,1-4,9-10H2. The van der Waals surface area contributed by atoms with Crippen molar-refractivity contribution in [3.8, 4) is 0 Å². The molecule has 0 aliphatic carbocycles. The fourth-order valence-corrected chi connectivity index (χ4v) is 0.784. The molecule has 2 atom stereocenters. The van der Waals surface area contributed by atoms with Crippen LogP contribution in [0.2, 0.25) is 0 Å². The van der Waals surface area contributed by atoms with Gasteiger partial charge in [0.2, 0.25) is 0 Å². The highest BCUT2D eigenvalue weighted by atomic mass is 16.8. The van der Waals surface area contributed by atoms with Crippen LogP contribution in [0.15, 0.2) is 50.6 Å². The molecule has 0 spiro atoms. The summed E-state index contributed by atoms with van der Waals surface area (Å²) < 4.78 is 15.9. The van der Waals surface area contributed by atoms with Crippen molar-refractivity contribution in [3.63, 3.8) is 0 Å². The molecule has 0 rings (SSSR count). The van der Waals surface area contributed by atoms with E-state index in [-0.39, 0.29) is 0 Å². The average Bonchev–Trinajstić information content (AvgIpc) is 2.28. The molecule has 0 aliphatic rings. The normalized spacial score (nSPS) is 13.9. The van der Waals surface area contributed by atoms with E-state index in [2.05, 4.69) is 26.3 Å². The van der Waals surface area contributed by atoms with E-state index < -0.39 is 12.6 Å². The van der Waals surface area contributed by atoms with Gasteiger partial charge in [-0.2, -0.15) is 0 Å². The molecule has 0 aromatic carbocycles. The molecule has 2 unspecified atom stereocenters. The van der Waals surface area contributed by atoms with Gasteiger partial charge in [-0.05, 0) is 12.2 Å². The van der Waals surface area contributed by atoms with Crippen LogP contribution >= 0.6 is 0 Å². The summed E-state index contributed by atoms with van der Waals surface area (Å²) in [7, 11) is 0. The van der Waals surface area contributed by atoms with Crippen LogP contribution in [0.4, 0.5) is 0 Å². The Labute approximate surface area is 91.3 Å². The third-order valence-electron chi connectivity index (χ3n) is 1.41. The van der Waals surface area contributed by atoms with E-state index >= 15 is 0 Å². The van der Waals surface area contributed by atoms with Crippen LogP contribution in [0, 0.1) is 0 Å². The minimum absolute atomic E-state index is 0.391. The Bertz CT molecular complexity index is 189. The van der Waals surface area contributed by atoms with Gasteiger partial charge in [0.15, 0.2) is 12.6 Å². The third kappa shape index (κ3) is 6.85. The molecule has 0 saturated carbocycles. The summed E-state index contributed by atoms with van der Waals surface area (Å²) in [4.78, 5) is 0. The largest absolute Gasteiger partial charge is 0.345 e. The molecule has 3 nitrogen and oxygen atoms in total. The topological polar surface area (TPSA) is 27.7 Å². The summed E-state index contributed by atoms with van der Waals surface area (Å²) in [5.74, 6) is 0. The second-order valence-electron chi connectivity index (χ2n) is 2.59. The van der Waals surface area contributed by atoms with Crippen molar-refractivity contribution >= 4 is 0 Å². The van der Waals surface area contributed by atoms with Crippen LogP contribution in [-0.2, 0) is 14.2 Å². The van der Waals surface area contributed by atoms with E-state index in [0.717, 1.165) is 0 Å². The van der Waals surface area contributed by atoms with Crippen LogP contribution in [-0.4, -0.2) is 25.8 Å². The van der Waals surface area contributed by atoms with Crippen molar-refractivity contribution in [2.45, 2.75) is 12.6 Å². The van der Waals surface area contributed by atoms with Crippen LogP contribution in [0.25, 0.3) is 0 Å². The second-order valence-corrected chi connectivity index (χ2v) is 2.59. The fraction of sp³-hybridized carbons (Fsp3) is 0.333. The molecule has 15 heavy (non-hydrogen) atoms. The van der Waals surface area contributed by atoms with Crippen LogP contribution in [0.1, 0.15) is 0 Å². The first-order chi connectivity index (χ1) is 7.28. The second kappa shape index (κ2) is 9.40. The lowest BCUT2D eigenvalue weighted by Crippen LogP contribution is -2.24. The van der Waals surface area contributed by atoms with Gasteiger partial charge in [-0.1, -0.05) is 25.3 Å². The molecule has 0 amide bonds. The number of ether oxygens (including phenoxy) is 3. The zero-order chi connectivity index (χ0) is 11.5. The fourth-order valence-electron chi connectivity index (χ4n) is 0.784. The molecule has 0 fully saturated rings. The quantitative estimate of drug-likeness (QED) is 0.409. The molecular weight excluding hydrogens is 192 g/mol. The Morgan fingerprint density at radius 1 is 0.800 bits per heavy atom. The summed E-state index contributed by atoms with van der Waals surface area (Å²) in [5, 5.41) is 0. The van der Waals surface area contributed by atoms with E-state index in [1.54, 1.807) is 12.2 Å². The van der Waals surface area contributed by atoms with Gasteiger partial charge in [-0.15, -0.1) is 13.2 Å². The maximum absolute atomic E-state index is 5.38. The molecule has 0 bridgehead atoms. The minimum Gasteiger partial charge on any atom is -0.345 e. The predicted molar refractivity (Wildman–Crippen MR) is 61.4 cm³/mol.